The van der Waals surface area contributed by atoms with Crippen molar-refractivity contribution in [1.82, 2.24) is 19.8 Å². The van der Waals surface area contributed by atoms with Gasteiger partial charge in [-0.1, -0.05) is 16.8 Å². The zero-order chi connectivity index (χ0) is 22.7. The minimum Gasteiger partial charge on any atom is -0.347 e. The first-order valence-corrected chi connectivity index (χ1v) is 11.8. The van der Waals surface area contributed by atoms with Crippen LogP contribution in [0.3, 0.4) is 0 Å². The van der Waals surface area contributed by atoms with E-state index in [2.05, 4.69) is 15.5 Å². The Morgan fingerprint density at radius 2 is 1.78 bits per heavy atom. The number of hydrogen-bond acceptors (Lipinski definition) is 6. The molecular weight excluding hydrogens is 459 g/mol. The Morgan fingerprint density at radius 1 is 1.12 bits per heavy atom. The van der Waals surface area contributed by atoms with Gasteiger partial charge in [-0.2, -0.15) is 9.29 Å². The Kier molecular flexibility index (Phi) is 6.54. The molecule has 1 amide bonds. The van der Waals surface area contributed by atoms with Gasteiger partial charge in [-0.3, -0.25) is 4.79 Å². The third-order valence-corrected chi connectivity index (χ3v) is 7.43. The third kappa shape index (κ3) is 4.98. The quantitative estimate of drug-likeness (QED) is 0.583. The molecule has 8 nitrogen and oxygen atoms in total. The van der Waals surface area contributed by atoms with Crippen molar-refractivity contribution in [2.24, 2.45) is 5.92 Å². The highest BCUT2D eigenvalue weighted by Crippen LogP contribution is 2.24. The monoisotopic (exact) mass is 478 g/mol. The normalized spacial score (nSPS) is 15.6. The molecule has 1 N–H and O–H groups in total. The first kappa shape index (κ1) is 22.4. The summed E-state index contributed by atoms with van der Waals surface area (Å²) in [4.78, 5) is 16.8. The van der Waals surface area contributed by atoms with Gasteiger partial charge in [0.05, 0.1) is 11.4 Å². The molecule has 1 aliphatic heterocycles. The average Bonchev–Trinajstić information content (AvgIpc) is 3.27. The van der Waals surface area contributed by atoms with E-state index in [-0.39, 0.29) is 42.2 Å². The third-order valence-electron chi connectivity index (χ3n) is 5.26. The van der Waals surface area contributed by atoms with E-state index < -0.39 is 15.8 Å². The van der Waals surface area contributed by atoms with Crippen molar-refractivity contribution in [3.63, 3.8) is 0 Å². The van der Waals surface area contributed by atoms with Crippen LogP contribution in [0.5, 0.6) is 0 Å². The summed E-state index contributed by atoms with van der Waals surface area (Å²) in [6, 6.07) is 11.7. The van der Waals surface area contributed by atoms with E-state index in [4.69, 9.17) is 16.1 Å². The van der Waals surface area contributed by atoms with Gasteiger partial charge < -0.3 is 9.84 Å². The number of halogens is 2. The maximum atomic E-state index is 13.1. The minimum atomic E-state index is -3.72. The van der Waals surface area contributed by atoms with E-state index in [0.717, 1.165) is 17.7 Å². The van der Waals surface area contributed by atoms with Crippen molar-refractivity contribution in [2.45, 2.75) is 24.3 Å². The van der Waals surface area contributed by atoms with Crippen LogP contribution in [0.25, 0.3) is 11.4 Å². The molecule has 3 aromatic rings. The molecule has 1 aliphatic rings. The lowest BCUT2D eigenvalue weighted by Gasteiger charge is -2.30. The highest BCUT2D eigenvalue weighted by molar-refractivity contribution is 7.89. The van der Waals surface area contributed by atoms with Gasteiger partial charge >= 0.3 is 0 Å². The van der Waals surface area contributed by atoms with E-state index >= 15 is 0 Å². The fraction of sp³-hybridized carbons (Fsp3) is 0.286. The number of nitrogens with zero attached hydrogens (tertiary/aromatic N) is 3. The fourth-order valence-electron chi connectivity index (χ4n) is 3.46. The van der Waals surface area contributed by atoms with Crippen LogP contribution in [0.15, 0.2) is 57.9 Å². The van der Waals surface area contributed by atoms with Crippen LogP contribution in [0.4, 0.5) is 4.39 Å². The van der Waals surface area contributed by atoms with Gasteiger partial charge in [-0.05, 0) is 61.4 Å². The number of hydrogen-bond donors (Lipinski definition) is 1. The van der Waals surface area contributed by atoms with Crippen LogP contribution in [-0.2, 0) is 21.4 Å². The number of rotatable bonds is 6. The molecule has 0 spiro atoms. The Labute approximate surface area is 189 Å². The summed E-state index contributed by atoms with van der Waals surface area (Å²) in [5.41, 5.74) is 0.741. The molecule has 0 aliphatic carbocycles. The van der Waals surface area contributed by atoms with Crippen LogP contribution >= 0.6 is 11.6 Å². The highest BCUT2D eigenvalue weighted by atomic mass is 35.5. The topological polar surface area (TPSA) is 105 Å². The predicted octanol–water partition coefficient (Wildman–Crippen LogP) is 3.25. The van der Waals surface area contributed by atoms with Crippen LogP contribution < -0.4 is 5.32 Å². The zero-order valence-corrected chi connectivity index (χ0v) is 18.4. The average molecular weight is 479 g/mol. The summed E-state index contributed by atoms with van der Waals surface area (Å²) in [6.07, 6.45) is 0.762. The van der Waals surface area contributed by atoms with Gasteiger partial charge in [-0.25, -0.2) is 12.8 Å². The van der Waals surface area contributed by atoms with Crippen molar-refractivity contribution < 1.29 is 22.1 Å². The van der Waals surface area contributed by atoms with Crippen LogP contribution in [0.1, 0.15) is 18.7 Å². The Balaban J connectivity index is 1.29. The molecule has 0 radical (unpaired) electrons. The molecular formula is C21H20ClFN4O4S. The molecule has 2 heterocycles. The Morgan fingerprint density at radius 3 is 2.44 bits per heavy atom. The number of carbonyl (C=O) groups excluding carboxylic acids is 1. The van der Waals surface area contributed by atoms with E-state index in [1.165, 1.54) is 16.4 Å². The lowest BCUT2D eigenvalue weighted by Crippen LogP contribution is -2.42. The molecule has 4 rings (SSSR count). The minimum absolute atomic E-state index is 0.0367. The molecule has 0 atom stereocenters. The van der Waals surface area contributed by atoms with Crippen molar-refractivity contribution in [3.8, 4) is 11.4 Å². The van der Waals surface area contributed by atoms with Gasteiger partial charge in [0.15, 0.2) is 0 Å². The molecule has 1 aromatic heterocycles. The van der Waals surface area contributed by atoms with E-state index in [1.807, 2.05) is 0 Å². The summed E-state index contributed by atoms with van der Waals surface area (Å²) in [7, 11) is -3.72. The summed E-state index contributed by atoms with van der Waals surface area (Å²) < 4.78 is 45.0. The molecule has 0 unspecified atom stereocenters. The second-order valence-electron chi connectivity index (χ2n) is 7.37. The predicted molar refractivity (Wildman–Crippen MR) is 114 cm³/mol. The van der Waals surface area contributed by atoms with Crippen LogP contribution in [-0.4, -0.2) is 41.9 Å². The lowest BCUT2D eigenvalue weighted by atomic mass is 9.97. The first-order chi connectivity index (χ1) is 15.3. The molecule has 1 saturated heterocycles. The number of sulfonamides is 1. The summed E-state index contributed by atoms with van der Waals surface area (Å²) in [5.74, 6) is -0.367. The van der Waals surface area contributed by atoms with Crippen molar-refractivity contribution in [2.75, 3.05) is 13.1 Å². The van der Waals surface area contributed by atoms with E-state index in [9.17, 15) is 17.6 Å². The second-order valence-corrected chi connectivity index (χ2v) is 9.74. The maximum absolute atomic E-state index is 13.1. The second kappa shape index (κ2) is 9.35. The number of benzene rings is 2. The van der Waals surface area contributed by atoms with Gasteiger partial charge in [0, 0.05) is 29.6 Å². The largest absolute Gasteiger partial charge is 0.347 e. The van der Waals surface area contributed by atoms with Gasteiger partial charge in [0.25, 0.3) is 0 Å². The molecule has 32 heavy (non-hydrogen) atoms. The van der Waals surface area contributed by atoms with Crippen LogP contribution in [0, 0.1) is 11.7 Å². The SMILES string of the molecule is O=C(NCc1nc(-c2ccc(Cl)cc2)no1)C1CCN(S(=O)(=O)c2ccc(F)cc2)CC1. The zero-order valence-electron chi connectivity index (χ0n) is 16.9. The molecule has 0 bridgehead atoms. The summed E-state index contributed by atoms with van der Waals surface area (Å²) >= 11 is 5.87. The maximum Gasteiger partial charge on any atom is 0.246 e. The number of aromatic nitrogens is 2. The van der Waals surface area contributed by atoms with Gasteiger partial charge in [-0.15, -0.1) is 0 Å². The van der Waals surface area contributed by atoms with Crippen molar-refractivity contribution in [1.29, 1.82) is 0 Å². The smallest absolute Gasteiger partial charge is 0.246 e. The van der Waals surface area contributed by atoms with Gasteiger partial charge in [0.2, 0.25) is 27.6 Å². The van der Waals surface area contributed by atoms with Crippen LogP contribution in [0.2, 0.25) is 5.02 Å². The Bertz CT molecular complexity index is 1190. The molecule has 1 fully saturated rings. The van der Waals surface area contributed by atoms with Gasteiger partial charge in [0.1, 0.15) is 5.82 Å². The number of amides is 1. The first-order valence-electron chi connectivity index (χ1n) is 9.95. The number of carbonyl (C=O) groups is 1. The highest BCUT2D eigenvalue weighted by Gasteiger charge is 2.32. The lowest BCUT2D eigenvalue weighted by molar-refractivity contribution is -0.126. The van der Waals surface area contributed by atoms with E-state index in [1.54, 1.807) is 24.3 Å². The van der Waals surface area contributed by atoms with E-state index in [0.29, 0.717) is 23.7 Å². The molecule has 168 valence electrons. The summed E-state index contributed by atoms with van der Waals surface area (Å²) in [5, 5.41) is 7.27. The summed E-state index contributed by atoms with van der Waals surface area (Å²) in [6.45, 7) is 0.492. The standard InChI is InChI=1S/C21H20ClFN4O4S/c22-16-3-1-14(2-4-16)20-25-19(31-26-20)13-24-21(28)15-9-11-27(12-10-15)32(29,30)18-7-5-17(23)6-8-18/h1-8,15H,9-13H2,(H,24,28). The fourth-order valence-corrected chi connectivity index (χ4v) is 5.06. The molecule has 11 heteroatoms. The molecule has 2 aromatic carbocycles. The Hall–Kier alpha value is -2.82. The van der Waals surface area contributed by atoms with Crippen molar-refractivity contribution >= 4 is 27.5 Å². The molecule has 0 saturated carbocycles. The number of nitrogens with one attached hydrogen (secondary N) is 1. The van der Waals surface area contributed by atoms with Crippen molar-refractivity contribution in [3.05, 3.63) is 65.3 Å². The number of piperidine rings is 1.